The van der Waals surface area contributed by atoms with Crippen molar-refractivity contribution in [2.24, 2.45) is 0 Å². The van der Waals surface area contributed by atoms with Gasteiger partial charge < -0.3 is 9.84 Å². The van der Waals surface area contributed by atoms with E-state index in [0.29, 0.717) is 41.8 Å². The maximum atomic E-state index is 13.8. The van der Waals surface area contributed by atoms with Gasteiger partial charge in [-0.05, 0) is 49.6 Å². The normalized spacial score (nSPS) is 18.6. The Morgan fingerprint density at radius 1 is 1.28 bits per heavy atom. The highest BCUT2D eigenvalue weighted by atomic mass is 79.9. The molecule has 2 aromatic rings. The smallest absolute Gasteiger partial charge is 0.416 e. The van der Waals surface area contributed by atoms with Crippen LogP contribution in [0.1, 0.15) is 42.5 Å². The lowest BCUT2D eigenvalue weighted by Gasteiger charge is -2.34. The number of halogens is 4. The largest absolute Gasteiger partial charge is 0.494 e. The number of carboxylic acids is 1. The van der Waals surface area contributed by atoms with Gasteiger partial charge in [0.2, 0.25) is 0 Å². The van der Waals surface area contributed by atoms with Crippen molar-refractivity contribution in [3.63, 3.8) is 0 Å². The van der Waals surface area contributed by atoms with Crippen LogP contribution < -0.4 is 4.74 Å². The number of carbonyl (C=O) groups is 1. The van der Waals surface area contributed by atoms with Crippen LogP contribution in [-0.4, -0.2) is 35.2 Å². The monoisotopic (exact) mass is 471 g/mol. The standard InChI is InChI=1S/C21H21BrF3NO3/c1-2-29-18-10-9-13(22)12-15(18)19(26-11-5-8-17(26)20(27)28)14-6-3-4-7-16(14)21(23,24)25/h3-4,6-7,9-10,12,17,19H,2,5,8,11H2,1H3,(H,27,28). The summed E-state index contributed by atoms with van der Waals surface area (Å²) >= 11 is 3.39. The molecule has 0 aromatic heterocycles. The van der Waals surface area contributed by atoms with Gasteiger partial charge in [0.15, 0.2) is 0 Å². The summed E-state index contributed by atoms with van der Waals surface area (Å²) in [5.41, 5.74) is -0.248. The zero-order valence-electron chi connectivity index (χ0n) is 15.7. The number of aliphatic carboxylic acids is 1. The van der Waals surface area contributed by atoms with E-state index in [1.165, 1.54) is 12.1 Å². The van der Waals surface area contributed by atoms with Gasteiger partial charge in [-0.25, -0.2) is 0 Å². The lowest BCUT2D eigenvalue weighted by atomic mass is 9.91. The first-order valence-corrected chi connectivity index (χ1v) is 10.1. The van der Waals surface area contributed by atoms with Crippen molar-refractivity contribution in [3.05, 3.63) is 63.6 Å². The first-order valence-electron chi connectivity index (χ1n) is 9.31. The van der Waals surface area contributed by atoms with Crippen LogP contribution in [-0.2, 0) is 11.0 Å². The molecule has 0 aliphatic carbocycles. The molecule has 8 heteroatoms. The molecule has 0 saturated carbocycles. The Hall–Kier alpha value is -2.06. The average molecular weight is 472 g/mol. The third-order valence-corrected chi connectivity index (χ3v) is 5.53. The summed E-state index contributed by atoms with van der Waals surface area (Å²) in [6, 6.07) is 8.71. The second-order valence-corrected chi connectivity index (χ2v) is 7.75. The molecule has 2 aromatic carbocycles. The van der Waals surface area contributed by atoms with Crippen LogP contribution in [0, 0.1) is 0 Å². The Bertz CT molecular complexity index is 888. The number of nitrogens with zero attached hydrogens (tertiary/aromatic N) is 1. The second-order valence-electron chi connectivity index (χ2n) is 6.84. The van der Waals surface area contributed by atoms with Crippen molar-refractivity contribution >= 4 is 21.9 Å². The molecule has 2 atom stereocenters. The van der Waals surface area contributed by atoms with Crippen LogP contribution in [0.4, 0.5) is 13.2 Å². The zero-order valence-corrected chi connectivity index (χ0v) is 17.3. The minimum absolute atomic E-state index is 0.0206. The van der Waals surface area contributed by atoms with Gasteiger partial charge in [-0.1, -0.05) is 34.1 Å². The Labute approximate surface area is 175 Å². The minimum Gasteiger partial charge on any atom is -0.494 e. The summed E-state index contributed by atoms with van der Waals surface area (Å²) in [5.74, 6) is -0.598. The number of hydrogen-bond acceptors (Lipinski definition) is 3. The third-order valence-electron chi connectivity index (χ3n) is 5.04. The number of ether oxygens (including phenoxy) is 1. The van der Waals surface area contributed by atoms with E-state index in [4.69, 9.17) is 4.74 Å². The quantitative estimate of drug-likeness (QED) is 0.603. The Balaban J connectivity index is 2.26. The SMILES string of the molecule is CCOc1ccc(Br)cc1C(c1ccccc1C(F)(F)F)N1CCCC1C(=O)O. The van der Waals surface area contributed by atoms with Gasteiger partial charge in [-0.3, -0.25) is 9.69 Å². The lowest BCUT2D eigenvalue weighted by Crippen LogP contribution is -2.40. The molecule has 1 saturated heterocycles. The number of benzene rings is 2. The van der Waals surface area contributed by atoms with E-state index < -0.39 is 29.8 Å². The molecular formula is C21H21BrF3NO3. The van der Waals surface area contributed by atoms with Gasteiger partial charge in [0.25, 0.3) is 0 Å². The molecule has 1 aliphatic rings. The van der Waals surface area contributed by atoms with E-state index in [1.807, 2.05) is 0 Å². The fourth-order valence-corrected chi connectivity index (χ4v) is 4.28. The van der Waals surface area contributed by atoms with Gasteiger partial charge in [-0.15, -0.1) is 0 Å². The van der Waals surface area contributed by atoms with Gasteiger partial charge in [0, 0.05) is 16.6 Å². The van der Waals surface area contributed by atoms with Crippen molar-refractivity contribution in [1.82, 2.24) is 4.90 Å². The van der Waals surface area contributed by atoms with E-state index in [9.17, 15) is 23.1 Å². The molecule has 0 amide bonds. The Morgan fingerprint density at radius 2 is 2.00 bits per heavy atom. The molecule has 1 fully saturated rings. The van der Waals surface area contributed by atoms with Gasteiger partial charge in [0.05, 0.1) is 18.2 Å². The van der Waals surface area contributed by atoms with Gasteiger partial charge >= 0.3 is 12.1 Å². The number of hydrogen-bond donors (Lipinski definition) is 1. The van der Waals surface area contributed by atoms with Crippen molar-refractivity contribution in [1.29, 1.82) is 0 Å². The maximum absolute atomic E-state index is 13.8. The molecule has 3 rings (SSSR count). The fourth-order valence-electron chi connectivity index (χ4n) is 3.90. The molecule has 29 heavy (non-hydrogen) atoms. The van der Waals surface area contributed by atoms with Gasteiger partial charge in [-0.2, -0.15) is 13.2 Å². The molecule has 156 valence electrons. The van der Waals surface area contributed by atoms with E-state index in [2.05, 4.69) is 15.9 Å². The Morgan fingerprint density at radius 3 is 2.66 bits per heavy atom. The highest BCUT2D eigenvalue weighted by Crippen LogP contribution is 2.44. The van der Waals surface area contributed by atoms with Crippen molar-refractivity contribution in [2.75, 3.05) is 13.2 Å². The van der Waals surface area contributed by atoms with Crippen LogP contribution in [0.25, 0.3) is 0 Å². The first kappa shape index (κ1) is 21.6. The summed E-state index contributed by atoms with van der Waals surface area (Å²) in [5, 5.41) is 9.68. The summed E-state index contributed by atoms with van der Waals surface area (Å²) < 4.78 is 47.8. The number of alkyl halides is 3. The average Bonchev–Trinajstić information content (AvgIpc) is 3.13. The maximum Gasteiger partial charge on any atom is 0.416 e. The lowest BCUT2D eigenvalue weighted by molar-refractivity contribution is -0.143. The molecule has 0 radical (unpaired) electrons. The first-order chi connectivity index (χ1) is 13.7. The molecule has 0 bridgehead atoms. The fraction of sp³-hybridized carbons (Fsp3) is 0.381. The predicted molar refractivity (Wildman–Crippen MR) is 106 cm³/mol. The summed E-state index contributed by atoms with van der Waals surface area (Å²) in [6.07, 6.45) is -3.58. The topological polar surface area (TPSA) is 49.8 Å². The molecule has 1 aliphatic heterocycles. The van der Waals surface area contributed by atoms with E-state index in [-0.39, 0.29) is 5.56 Å². The number of rotatable bonds is 6. The zero-order chi connectivity index (χ0) is 21.2. The van der Waals surface area contributed by atoms with E-state index in [0.717, 1.165) is 6.07 Å². The van der Waals surface area contributed by atoms with Crippen molar-refractivity contribution in [3.8, 4) is 5.75 Å². The third kappa shape index (κ3) is 4.59. The summed E-state index contributed by atoms with van der Waals surface area (Å²) in [7, 11) is 0. The highest BCUT2D eigenvalue weighted by Gasteiger charge is 2.42. The highest BCUT2D eigenvalue weighted by molar-refractivity contribution is 9.10. The molecule has 0 spiro atoms. The summed E-state index contributed by atoms with van der Waals surface area (Å²) in [6.45, 7) is 2.51. The van der Waals surface area contributed by atoms with Crippen LogP contribution in [0.15, 0.2) is 46.9 Å². The summed E-state index contributed by atoms with van der Waals surface area (Å²) in [4.78, 5) is 13.5. The molecule has 2 unspecified atom stereocenters. The van der Waals surface area contributed by atoms with Crippen LogP contribution in [0.3, 0.4) is 0 Å². The molecular weight excluding hydrogens is 451 g/mol. The van der Waals surface area contributed by atoms with Gasteiger partial charge in [0.1, 0.15) is 11.8 Å². The van der Waals surface area contributed by atoms with Crippen LogP contribution >= 0.6 is 15.9 Å². The van der Waals surface area contributed by atoms with Crippen molar-refractivity contribution < 1.29 is 27.8 Å². The van der Waals surface area contributed by atoms with Crippen LogP contribution in [0.5, 0.6) is 5.75 Å². The predicted octanol–water partition coefficient (Wildman–Crippen LogP) is 5.51. The van der Waals surface area contributed by atoms with E-state index in [1.54, 1.807) is 36.1 Å². The molecule has 1 heterocycles. The molecule has 1 N–H and O–H groups in total. The minimum atomic E-state index is -4.56. The van der Waals surface area contributed by atoms with E-state index >= 15 is 0 Å². The second kappa shape index (κ2) is 8.75. The molecule has 4 nitrogen and oxygen atoms in total. The van der Waals surface area contributed by atoms with Crippen LogP contribution in [0.2, 0.25) is 0 Å². The van der Waals surface area contributed by atoms with Crippen molar-refractivity contribution in [2.45, 2.75) is 38.0 Å². The number of likely N-dealkylation sites (tertiary alicyclic amines) is 1. The number of carboxylic acid groups (broad SMARTS) is 1. The Kier molecular flexibility index (Phi) is 6.53.